The molecular weight excluding hydrogens is 279 g/mol. The van der Waals surface area contributed by atoms with E-state index in [0.29, 0.717) is 12.5 Å². The first-order chi connectivity index (χ1) is 8.73. The molecule has 1 aromatic carbocycles. The molecule has 108 valence electrons. The molecule has 2 N–H and O–H groups in total. The summed E-state index contributed by atoms with van der Waals surface area (Å²) >= 11 is 0. The SMILES string of the molecule is CCC(CCN)S(=O)(=O)c1cccc(C(F)(F)F)c1. The molecule has 3 nitrogen and oxygen atoms in total. The Morgan fingerprint density at radius 1 is 1.32 bits per heavy atom. The lowest BCUT2D eigenvalue weighted by Gasteiger charge is -2.16. The van der Waals surface area contributed by atoms with Gasteiger partial charge in [0, 0.05) is 0 Å². The topological polar surface area (TPSA) is 60.2 Å². The van der Waals surface area contributed by atoms with E-state index in [0.717, 1.165) is 12.1 Å². The summed E-state index contributed by atoms with van der Waals surface area (Å²) in [6.45, 7) is 1.85. The van der Waals surface area contributed by atoms with Gasteiger partial charge in [-0.1, -0.05) is 13.0 Å². The first-order valence-electron chi connectivity index (χ1n) is 5.84. The van der Waals surface area contributed by atoms with Gasteiger partial charge < -0.3 is 5.73 Å². The van der Waals surface area contributed by atoms with Gasteiger partial charge in [0.25, 0.3) is 0 Å². The zero-order valence-corrected chi connectivity index (χ0v) is 11.3. The van der Waals surface area contributed by atoms with Gasteiger partial charge in [-0.3, -0.25) is 0 Å². The van der Waals surface area contributed by atoms with Gasteiger partial charge >= 0.3 is 6.18 Å². The highest BCUT2D eigenvalue weighted by atomic mass is 32.2. The molecular formula is C12H16F3NO2S. The second-order valence-corrected chi connectivity index (χ2v) is 6.41. The summed E-state index contributed by atoms with van der Waals surface area (Å²) in [6.07, 6.45) is -4.01. The van der Waals surface area contributed by atoms with E-state index in [9.17, 15) is 21.6 Å². The second kappa shape index (κ2) is 5.92. The molecule has 1 unspecified atom stereocenters. The maximum Gasteiger partial charge on any atom is 0.416 e. The summed E-state index contributed by atoms with van der Waals surface area (Å²) in [5.41, 5.74) is 4.37. The van der Waals surface area contributed by atoms with Gasteiger partial charge in [0.1, 0.15) is 0 Å². The Labute approximate surface area is 110 Å². The molecule has 0 bridgehead atoms. The zero-order valence-electron chi connectivity index (χ0n) is 10.4. The number of hydrogen-bond acceptors (Lipinski definition) is 3. The molecule has 0 saturated heterocycles. The summed E-state index contributed by atoms with van der Waals surface area (Å²) in [4.78, 5) is -0.303. The van der Waals surface area contributed by atoms with E-state index < -0.39 is 26.8 Å². The minimum absolute atomic E-state index is 0.177. The molecule has 1 atom stereocenters. The zero-order chi connectivity index (χ0) is 14.7. The molecule has 0 aliphatic heterocycles. The number of hydrogen-bond donors (Lipinski definition) is 1. The molecule has 0 amide bonds. The summed E-state index contributed by atoms with van der Waals surface area (Å²) in [5, 5.41) is -0.749. The number of halogens is 3. The lowest BCUT2D eigenvalue weighted by Crippen LogP contribution is -2.24. The number of benzene rings is 1. The fourth-order valence-electron chi connectivity index (χ4n) is 1.81. The summed E-state index contributed by atoms with van der Waals surface area (Å²) in [7, 11) is -3.78. The Morgan fingerprint density at radius 3 is 2.42 bits per heavy atom. The van der Waals surface area contributed by atoms with Gasteiger partial charge in [0.15, 0.2) is 9.84 Å². The Morgan fingerprint density at radius 2 is 1.95 bits per heavy atom. The van der Waals surface area contributed by atoms with E-state index in [1.165, 1.54) is 6.07 Å². The summed E-state index contributed by atoms with van der Waals surface area (Å²) in [6, 6.07) is 3.81. The summed E-state index contributed by atoms with van der Waals surface area (Å²) < 4.78 is 62.1. The quantitative estimate of drug-likeness (QED) is 0.908. The predicted octanol–water partition coefficient (Wildman–Crippen LogP) is 2.61. The minimum Gasteiger partial charge on any atom is -0.330 e. The maximum absolute atomic E-state index is 12.6. The van der Waals surface area contributed by atoms with Crippen molar-refractivity contribution in [2.45, 2.75) is 36.1 Å². The molecule has 0 spiro atoms. The first kappa shape index (κ1) is 16.0. The molecule has 7 heteroatoms. The number of nitrogens with two attached hydrogens (primary N) is 1. The fraction of sp³-hybridized carbons (Fsp3) is 0.500. The fourth-order valence-corrected chi connectivity index (χ4v) is 3.64. The lowest BCUT2D eigenvalue weighted by molar-refractivity contribution is -0.137. The molecule has 0 aromatic heterocycles. The van der Waals surface area contributed by atoms with Crippen LogP contribution in [0.5, 0.6) is 0 Å². The first-order valence-corrected chi connectivity index (χ1v) is 7.39. The highest BCUT2D eigenvalue weighted by Crippen LogP contribution is 2.31. The smallest absolute Gasteiger partial charge is 0.330 e. The van der Waals surface area contributed by atoms with Gasteiger partial charge in [0.05, 0.1) is 15.7 Å². The van der Waals surface area contributed by atoms with Crippen molar-refractivity contribution in [3.63, 3.8) is 0 Å². The van der Waals surface area contributed by atoms with E-state index in [-0.39, 0.29) is 17.9 Å². The number of rotatable bonds is 5. The van der Waals surface area contributed by atoms with Crippen LogP contribution >= 0.6 is 0 Å². The van der Waals surface area contributed by atoms with Crippen LogP contribution in [0.2, 0.25) is 0 Å². The highest BCUT2D eigenvalue weighted by molar-refractivity contribution is 7.92. The van der Waals surface area contributed by atoms with Crippen LogP contribution in [0.1, 0.15) is 25.3 Å². The molecule has 19 heavy (non-hydrogen) atoms. The van der Waals surface area contributed by atoms with E-state index >= 15 is 0 Å². The normalized spacial score (nSPS) is 14.4. The van der Waals surface area contributed by atoms with Crippen molar-refractivity contribution in [3.05, 3.63) is 29.8 Å². The van der Waals surface area contributed by atoms with Gasteiger partial charge in [-0.25, -0.2) is 8.42 Å². The number of alkyl halides is 3. The van der Waals surface area contributed by atoms with E-state index in [1.807, 2.05) is 0 Å². The van der Waals surface area contributed by atoms with Crippen LogP contribution in [0, 0.1) is 0 Å². The molecule has 0 saturated carbocycles. The summed E-state index contributed by atoms with van der Waals surface area (Å²) in [5.74, 6) is 0. The lowest BCUT2D eigenvalue weighted by atomic mass is 10.2. The van der Waals surface area contributed by atoms with E-state index in [2.05, 4.69) is 0 Å². The molecule has 0 heterocycles. The molecule has 0 aliphatic rings. The largest absolute Gasteiger partial charge is 0.416 e. The van der Waals surface area contributed by atoms with Crippen molar-refractivity contribution in [1.82, 2.24) is 0 Å². The average molecular weight is 295 g/mol. The third kappa shape index (κ3) is 3.70. The van der Waals surface area contributed by atoms with Crippen LogP contribution in [0.25, 0.3) is 0 Å². The third-order valence-corrected chi connectivity index (χ3v) is 5.23. The average Bonchev–Trinajstić information content (AvgIpc) is 2.34. The minimum atomic E-state index is -4.55. The van der Waals surface area contributed by atoms with Crippen LogP contribution in [-0.2, 0) is 16.0 Å². The second-order valence-electron chi connectivity index (χ2n) is 4.18. The molecule has 0 aliphatic carbocycles. The van der Waals surface area contributed by atoms with Crippen molar-refractivity contribution in [2.24, 2.45) is 5.73 Å². The van der Waals surface area contributed by atoms with Crippen LogP contribution in [0.4, 0.5) is 13.2 Å². The maximum atomic E-state index is 12.6. The van der Waals surface area contributed by atoms with Crippen molar-refractivity contribution >= 4 is 9.84 Å². The third-order valence-electron chi connectivity index (χ3n) is 2.87. The Hall–Kier alpha value is -1.08. The standard InChI is InChI=1S/C12H16F3NO2S/c1-2-10(6-7-16)19(17,18)11-5-3-4-9(8-11)12(13,14)15/h3-5,8,10H,2,6-7,16H2,1H3. The van der Waals surface area contributed by atoms with Crippen molar-refractivity contribution < 1.29 is 21.6 Å². The van der Waals surface area contributed by atoms with Gasteiger partial charge in [0.2, 0.25) is 0 Å². The van der Waals surface area contributed by atoms with Gasteiger partial charge in [-0.05, 0) is 37.6 Å². The van der Waals surface area contributed by atoms with Crippen molar-refractivity contribution in [2.75, 3.05) is 6.54 Å². The van der Waals surface area contributed by atoms with Gasteiger partial charge in [-0.15, -0.1) is 0 Å². The molecule has 1 rings (SSSR count). The van der Waals surface area contributed by atoms with Crippen LogP contribution in [0.3, 0.4) is 0 Å². The highest BCUT2D eigenvalue weighted by Gasteiger charge is 2.33. The van der Waals surface area contributed by atoms with Gasteiger partial charge in [-0.2, -0.15) is 13.2 Å². The Bertz CT molecular complexity index is 526. The van der Waals surface area contributed by atoms with Crippen molar-refractivity contribution in [1.29, 1.82) is 0 Å². The van der Waals surface area contributed by atoms with E-state index in [1.54, 1.807) is 6.92 Å². The van der Waals surface area contributed by atoms with E-state index in [4.69, 9.17) is 5.73 Å². The molecule has 0 fully saturated rings. The Kier molecular flexibility index (Phi) is 4.98. The van der Waals surface area contributed by atoms with Crippen LogP contribution in [0.15, 0.2) is 29.2 Å². The predicted molar refractivity (Wildman–Crippen MR) is 66.4 cm³/mol. The molecule has 0 radical (unpaired) electrons. The Balaban J connectivity index is 3.22. The molecule has 1 aromatic rings. The monoisotopic (exact) mass is 295 g/mol. The van der Waals surface area contributed by atoms with Crippen LogP contribution in [-0.4, -0.2) is 20.2 Å². The number of sulfone groups is 1. The van der Waals surface area contributed by atoms with Crippen molar-refractivity contribution in [3.8, 4) is 0 Å². The van der Waals surface area contributed by atoms with Crippen LogP contribution < -0.4 is 5.73 Å².